The molecule has 0 fully saturated rings. The predicted molar refractivity (Wildman–Crippen MR) is 56.6 cm³/mol. The van der Waals surface area contributed by atoms with Crippen LogP contribution in [0.2, 0.25) is 0 Å². The predicted octanol–water partition coefficient (Wildman–Crippen LogP) is 1.83. The van der Waals surface area contributed by atoms with E-state index in [-0.39, 0.29) is 5.71 Å². The van der Waals surface area contributed by atoms with Crippen LogP contribution in [0.3, 0.4) is 0 Å². The van der Waals surface area contributed by atoms with E-state index in [1.165, 1.54) is 0 Å². The van der Waals surface area contributed by atoms with Gasteiger partial charge < -0.3 is 0 Å². The van der Waals surface area contributed by atoms with Crippen LogP contribution in [-0.4, -0.2) is 21.2 Å². The van der Waals surface area contributed by atoms with Crippen molar-refractivity contribution in [1.29, 1.82) is 0 Å². The monoisotopic (exact) mass is 217 g/mol. The normalized spacial score (nSPS) is 13.0. The third kappa shape index (κ3) is 1.08. The first kappa shape index (κ1) is 8.49. The first-order chi connectivity index (χ1) is 7.27. The average Bonchev–Trinajstić information content (AvgIpc) is 2.61. The second-order valence-corrected chi connectivity index (χ2v) is 3.51. The van der Waals surface area contributed by atoms with E-state index in [1.54, 1.807) is 6.20 Å². The topological polar surface area (TPSA) is 55.2 Å². The molecule has 1 aliphatic heterocycles. The fourth-order valence-corrected chi connectivity index (χ4v) is 1.82. The molecule has 15 heavy (non-hydrogen) atoms. The first-order valence-electron chi connectivity index (χ1n) is 4.30. The van der Waals surface area contributed by atoms with Crippen molar-refractivity contribution < 1.29 is 4.79 Å². The second-order valence-electron chi connectivity index (χ2n) is 3.17. The molecule has 4 nitrogen and oxygen atoms in total. The molecule has 0 N–H and O–H groups in total. The van der Waals surface area contributed by atoms with Crippen LogP contribution in [0.15, 0.2) is 29.4 Å². The van der Waals surface area contributed by atoms with E-state index in [2.05, 4.69) is 15.2 Å². The maximum absolute atomic E-state index is 11.1. The standard InChI is InChI=1S/C10H4ClN3O/c11-10(15)9-8-7-5(4-12-14-8)2-1-3-6(7)13-9/h1-4H. The summed E-state index contributed by atoms with van der Waals surface area (Å²) >= 11 is 5.42. The van der Waals surface area contributed by atoms with Gasteiger partial charge in [-0.2, -0.15) is 5.10 Å². The lowest BCUT2D eigenvalue weighted by atomic mass is 10.1. The van der Waals surface area contributed by atoms with Crippen LogP contribution in [0.5, 0.6) is 0 Å². The summed E-state index contributed by atoms with van der Waals surface area (Å²) in [7, 11) is 0. The largest absolute Gasteiger partial charge is 0.274 e. The lowest BCUT2D eigenvalue weighted by Crippen LogP contribution is -2.09. The molecule has 0 spiro atoms. The molecule has 1 aromatic heterocycles. The number of hydrogen-bond acceptors (Lipinski definition) is 4. The molecule has 0 unspecified atom stereocenters. The van der Waals surface area contributed by atoms with Gasteiger partial charge in [0, 0.05) is 10.8 Å². The summed E-state index contributed by atoms with van der Waals surface area (Å²) in [4.78, 5) is 15.2. The van der Waals surface area contributed by atoms with Gasteiger partial charge in [0.05, 0.1) is 11.9 Å². The zero-order valence-electron chi connectivity index (χ0n) is 7.44. The van der Waals surface area contributed by atoms with Crippen LogP contribution in [0, 0.1) is 0 Å². The lowest BCUT2D eigenvalue weighted by Gasteiger charge is -1.97. The smallest absolute Gasteiger partial charge is 0.273 e. The Morgan fingerprint density at radius 1 is 1.33 bits per heavy atom. The summed E-state index contributed by atoms with van der Waals surface area (Å²) in [5.41, 5.74) is 1.38. The Morgan fingerprint density at radius 3 is 3.00 bits per heavy atom. The van der Waals surface area contributed by atoms with Gasteiger partial charge in [0.1, 0.15) is 5.69 Å². The van der Waals surface area contributed by atoms with E-state index in [0.29, 0.717) is 5.69 Å². The maximum Gasteiger partial charge on any atom is 0.273 e. The first-order valence-corrected chi connectivity index (χ1v) is 4.68. The SMILES string of the molecule is O=C(Cl)C1=Nc2cccc3cnnc1c23. The quantitative estimate of drug-likeness (QED) is 0.685. The molecule has 1 aromatic carbocycles. The van der Waals surface area contributed by atoms with Crippen LogP contribution in [0.4, 0.5) is 5.69 Å². The molecule has 0 amide bonds. The van der Waals surface area contributed by atoms with Gasteiger partial charge in [0.25, 0.3) is 5.24 Å². The molecular weight excluding hydrogens is 214 g/mol. The van der Waals surface area contributed by atoms with Crippen molar-refractivity contribution in [2.45, 2.75) is 0 Å². The zero-order valence-corrected chi connectivity index (χ0v) is 8.19. The molecule has 2 heterocycles. The molecule has 72 valence electrons. The van der Waals surface area contributed by atoms with Gasteiger partial charge in [-0.3, -0.25) is 4.79 Å². The number of carbonyl (C=O) groups is 1. The van der Waals surface area contributed by atoms with E-state index in [1.807, 2.05) is 18.2 Å². The fourth-order valence-electron chi connectivity index (χ4n) is 1.69. The highest BCUT2D eigenvalue weighted by molar-refractivity contribution is 6.84. The number of aliphatic imine (C=N–C) groups is 1. The molecule has 0 saturated carbocycles. The van der Waals surface area contributed by atoms with Crippen LogP contribution in [0.25, 0.3) is 10.8 Å². The highest BCUT2D eigenvalue weighted by Gasteiger charge is 2.24. The maximum atomic E-state index is 11.1. The highest BCUT2D eigenvalue weighted by Crippen LogP contribution is 2.33. The summed E-state index contributed by atoms with van der Waals surface area (Å²) in [5, 5.41) is 8.85. The van der Waals surface area contributed by atoms with Crippen molar-refractivity contribution in [3.8, 4) is 0 Å². The Bertz CT molecular complexity index is 616. The number of rotatable bonds is 1. The Morgan fingerprint density at radius 2 is 2.20 bits per heavy atom. The Balaban J connectivity index is 2.45. The Labute approximate surface area is 89.6 Å². The van der Waals surface area contributed by atoms with E-state index in [4.69, 9.17) is 11.6 Å². The number of halogens is 1. The minimum atomic E-state index is -0.604. The summed E-state index contributed by atoms with van der Waals surface area (Å²) in [5.74, 6) is 0. The van der Waals surface area contributed by atoms with Crippen molar-refractivity contribution >= 4 is 39.0 Å². The summed E-state index contributed by atoms with van der Waals surface area (Å²) in [6.07, 6.45) is 1.64. The van der Waals surface area contributed by atoms with Gasteiger partial charge in [0.15, 0.2) is 5.71 Å². The molecule has 1 aliphatic rings. The molecule has 0 saturated heterocycles. The number of carbonyl (C=O) groups excluding carboxylic acids is 1. The van der Waals surface area contributed by atoms with Crippen molar-refractivity contribution in [1.82, 2.24) is 10.2 Å². The number of nitrogens with zero attached hydrogens (tertiary/aromatic N) is 3. The Hall–Kier alpha value is -1.81. The molecule has 3 rings (SSSR count). The van der Waals surface area contributed by atoms with Crippen molar-refractivity contribution in [3.63, 3.8) is 0 Å². The van der Waals surface area contributed by atoms with Gasteiger partial charge in [0.2, 0.25) is 0 Å². The van der Waals surface area contributed by atoms with Crippen LogP contribution in [-0.2, 0) is 4.79 Å². The molecular formula is C10H4ClN3O. The minimum absolute atomic E-state index is 0.177. The van der Waals surface area contributed by atoms with Crippen LogP contribution < -0.4 is 0 Å². The van der Waals surface area contributed by atoms with Crippen LogP contribution in [0.1, 0.15) is 5.69 Å². The Kier molecular flexibility index (Phi) is 1.61. The van der Waals surface area contributed by atoms with Crippen LogP contribution >= 0.6 is 11.6 Å². The third-order valence-corrected chi connectivity index (χ3v) is 2.49. The zero-order chi connectivity index (χ0) is 10.4. The molecule has 0 radical (unpaired) electrons. The van der Waals surface area contributed by atoms with Crippen molar-refractivity contribution in [2.24, 2.45) is 4.99 Å². The molecule has 2 aromatic rings. The van der Waals surface area contributed by atoms with E-state index < -0.39 is 5.24 Å². The van der Waals surface area contributed by atoms with Gasteiger partial charge >= 0.3 is 0 Å². The van der Waals surface area contributed by atoms with Crippen molar-refractivity contribution in [2.75, 3.05) is 0 Å². The highest BCUT2D eigenvalue weighted by atomic mass is 35.5. The lowest BCUT2D eigenvalue weighted by molar-refractivity contribution is -0.106. The van der Waals surface area contributed by atoms with Gasteiger partial charge in [-0.25, -0.2) is 4.99 Å². The molecule has 0 atom stereocenters. The summed E-state index contributed by atoms with van der Waals surface area (Å²) < 4.78 is 0. The summed E-state index contributed by atoms with van der Waals surface area (Å²) in [6, 6.07) is 5.57. The fraction of sp³-hybridized carbons (Fsp3) is 0. The number of aromatic nitrogens is 2. The molecule has 5 heteroatoms. The second kappa shape index (κ2) is 2.84. The molecule has 0 bridgehead atoms. The van der Waals surface area contributed by atoms with E-state index in [9.17, 15) is 4.79 Å². The van der Waals surface area contributed by atoms with Gasteiger partial charge in [-0.1, -0.05) is 12.1 Å². The average molecular weight is 218 g/mol. The summed E-state index contributed by atoms with van der Waals surface area (Å²) in [6.45, 7) is 0. The van der Waals surface area contributed by atoms with Gasteiger partial charge in [-0.05, 0) is 17.7 Å². The van der Waals surface area contributed by atoms with E-state index in [0.717, 1.165) is 16.5 Å². The third-order valence-electron chi connectivity index (χ3n) is 2.31. The van der Waals surface area contributed by atoms with Gasteiger partial charge in [-0.15, -0.1) is 5.10 Å². The number of benzene rings is 1. The minimum Gasteiger partial charge on any atom is -0.274 e. The molecule has 0 aliphatic carbocycles. The van der Waals surface area contributed by atoms with Crippen molar-refractivity contribution in [3.05, 3.63) is 30.1 Å². The van der Waals surface area contributed by atoms with E-state index >= 15 is 0 Å². The number of hydrogen-bond donors (Lipinski definition) is 0.